The molecule has 2 aromatic carbocycles. The Morgan fingerprint density at radius 2 is 1.56 bits per heavy atom. The van der Waals surface area contributed by atoms with Gasteiger partial charge in [0.2, 0.25) is 10.0 Å². The number of hydrogen-bond acceptors (Lipinski definition) is 5. The Morgan fingerprint density at radius 1 is 1.00 bits per heavy atom. The molecule has 146 valence electrons. The molecule has 0 unspecified atom stereocenters. The Hall–Kier alpha value is -2.79. The molecule has 0 bridgehead atoms. The second-order valence-electron chi connectivity index (χ2n) is 5.17. The zero-order chi connectivity index (χ0) is 20.1. The highest BCUT2D eigenvalue weighted by Gasteiger charge is 2.30. The van der Waals surface area contributed by atoms with Crippen LogP contribution in [0.4, 0.5) is 13.2 Å². The van der Waals surface area contributed by atoms with E-state index in [-0.39, 0.29) is 17.3 Å². The fraction of sp³-hybridized carbons (Fsp3) is 0.188. The first-order valence-electron chi connectivity index (χ1n) is 7.34. The molecule has 0 aliphatic carbocycles. The van der Waals surface area contributed by atoms with Gasteiger partial charge in [0.25, 0.3) is 0 Å². The molecule has 0 heterocycles. The minimum absolute atomic E-state index is 0.0374. The molecular weight excluding hydrogens is 391 g/mol. The van der Waals surface area contributed by atoms with Gasteiger partial charge in [-0.2, -0.15) is 4.72 Å². The van der Waals surface area contributed by atoms with E-state index in [4.69, 9.17) is 9.84 Å². The quantitative estimate of drug-likeness (QED) is 0.700. The zero-order valence-electron chi connectivity index (χ0n) is 13.6. The predicted molar refractivity (Wildman–Crippen MR) is 86.7 cm³/mol. The Labute approximate surface area is 152 Å². The van der Waals surface area contributed by atoms with Crippen LogP contribution in [0.3, 0.4) is 0 Å². The summed E-state index contributed by atoms with van der Waals surface area (Å²) in [5.41, 5.74) is 0.573. The summed E-state index contributed by atoms with van der Waals surface area (Å²) in [6, 6.07) is 10.3. The summed E-state index contributed by atoms with van der Waals surface area (Å²) in [7, 11) is -3.95. The summed E-state index contributed by atoms with van der Waals surface area (Å²) in [6.45, 7) is -0.704. The van der Waals surface area contributed by atoms with Crippen LogP contribution in [0.25, 0.3) is 0 Å². The highest BCUT2D eigenvalue weighted by Crippen LogP contribution is 2.23. The van der Waals surface area contributed by atoms with Crippen LogP contribution in [-0.2, 0) is 21.4 Å². The number of carboxylic acid groups (broad SMARTS) is 1. The van der Waals surface area contributed by atoms with E-state index in [1.165, 1.54) is 36.4 Å². The second-order valence-corrected chi connectivity index (χ2v) is 6.94. The monoisotopic (exact) mass is 405 g/mol. The van der Waals surface area contributed by atoms with Crippen molar-refractivity contribution in [3.63, 3.8) is 0 Å². The van der Waals surface area contributed by atoms with E-state index >= 15 is 0 Å². The van der Waals surface area contributed by atoms with Gasteiger partial charge in [0.05, 0.1) is 4.90 Å². The number of halogens is 3. The van der Waals surface area contributed by atoms with Gasteiger partial charge in [-0.05, 0) is 42.0 Å². The third kappa shape index (κ3) is 6.79. The van der Waals surface area contributed by atoms with Gasteiger partial charge in [-0.15, -0.1) is 13.2 Å². The summed E-state index contributed by atoms with van der Waals surface area (Å²) < 4.78 is 71.1. The molecule has 2 N–H and O–H groups in total. The van der Waals surface area contributed by atoms with Crippen LogP contribution in [0.2, 0.25) is 0 Å². The lowest BCUT2D eigenvalue weighted by molar-refractivity contribution is -0.274. The van der Waals surface area contributed by atoms with Gasteiger partial charge in [0, 0.05) is 0 Å². The second kappa shape index (κ2) is 8.27. The molecule has 7 nitrogen and oxygen atoms in total. The van der Waals surface area contributed by atoms with Crippen molar-refractivity contribution < 1.29 is 41.0 Å². The highest BCUT2D eigenvalue weighted by atomic mass is 32.2. The van der Waals surface area contributed by atoms with Crippen LogP contribution in [0.15, 0.2) is 53.4 Å². The van der Waals surface area contributed by atoms with Crippen LogP contribution in [0.5, 0.6) is 11.5 Å². The first kappa shape index (κ1) is 20.5. The van der Waals surface area contributed by atoms with Gasteiger partial charge in [0.15, 0.2) is 0 Å². The van der Waals surface area contributed by atoms with Gasteiger partial charge in [-0.3, -0.25) is 4.79 Å². The van der Waals surface area contributed by atoms with Gasteiger partial charge >= 0.3 is 12.3 Å². The highest BCUT2D eigenvalue weighted by molar-refractivity contribution is 7.89. The molecular formula is C16H14F3NO6S. The van der Waals surface area contributed by atoms with E-state index in [0.717, 1.165) is 12.1 Å². The molecule has 11 heteroatoms. The minimum Gasteiger partial charge on any atom is -0.489 e. The molecule has 27 heavy (non-hydrogen) atoms. The average molecular weight is 405 g/mol. The number of hydrogen-bond donors (Lipinski definition) is 2. The SMILES string of the molecule is O=C(O)CNS(=O)(=O)c1ccc(OCc2ccc(OC(F)(F)F)cc2)cc1. The summed E-state index contributed by atoms with van der Waals surface area (Å²) in [5, 5.41) is 8.51. The first-order chi connectivity index (χ1) is 12.5. The predicted octanol–water partition coefficient (Wildman–Crippen LogP) is 2.53. The van der Waals surface area contributed by atoms with Crippen LogP contribution in [-0.4, -0.2) is 32.4 Å². The number of aliphatic carboxylic acids is 1. The standard InChI is InChI=1S/C16H14F3NO6S/c17-16(18,19)26-13-3-1-11(2-4-13)10-25-12-5-7-14(8-6-12)27(23,24)20-9-15(21)22/h1-8,20H,9-10H2,(H,21,22). The Bertz CT molecular complexity index is 880. The van der Waals surface area contributed by atoms with Crippen molar-refractivity contribution in [2.24, 2.45) is 0 Å². The fourth-order valence-electron chi connectivity index (χ4n) is 1.91. The lowest BCUT2D eigenvalue weighted by atomic mass is 10.2. The third-order valence-corrected chi connectivity index (χ3v) is 4.53. The minimum atomic E-state index is -4.76. The largest absolute Gasteiger partial charge is 0.573 e. The average Bonchev–Trinajstić information content (AvgIpc) is 2.58. The number of ether oxygens (including phenoxy) is 2. The summed E-state index contributed by atoms with van der Waals surface area (Å²) in [6.07, 6.45) is -4.76. The van der Waals surface area contributed by atoms with Gasteiger partial charge in [0.1, 0.15) is 24.7 Å². The molecule has 0 saturated heterocycles. The number of rotatable bonds is 8. The lowest BCUT2D eigenvalue weighted by Crippen LogP contribution is -2.29. The first-order valence-corrected chi connectivity index (χ1v) is 8.82. The maximum Gasteiger partial charge on any atom is 0.573 e. The topological polar surface area (TPSA) is 102 Å². The maximum atomic E-state index is 12.1. The molecule has 0 aliphatic rings. The number of benzene rings is 2. The zero-order valence-corrected chi connectivity index (χ0v) is 14.4. The smallest absolute Gasteiger partial charge is 0.489 e. The van der Waals surface area contributed by atoms with E-state index in [0.29, 0.717) is 11.3 Å². The maximum absolute atomic E-state index is 12.1. The van der Waals surface area contributed by atoms with Crippen LogP contribution >= 0.6 is 0 Å². The molecule has 2 rings (SSSR count). The van der Waals surface area contributed by atoms with Crippen LogP contribution < -0.4 is 14.2 Å². The van der Waals surface area contributed by atoms with Gasteiger partial charge in [-0.1, -0.05) is 12.1 Å². The summed E-state index contributed by atoms with van der Waals surface area (Å²) >= 11 is 0. The molecule has 0 fully saturated rings. The molecule has 0 saturated carbocycles. The molecule has 0 aliphatic heterocycles. The third-order valence-electron chi connectivity index (χ3n) is 3.11. The number of nitrogens with one attached hydrogen (secondary N) is 1. The molecule has 0 radical (unpaired) electrons. The van der Waals surface area contributed by atoms with Crippen molar-refractivity contribution in [3.05, 3.63) is 54.1 Å². The Morgan fingerprint density at radius 3 is 2.07 bits per heavy atom. The number of carbonyl (C=O) groups is 1. The van der Waals surface area contributed by atoms with Crippen molar-refractivity contribution in [3.8, 4) is 11.5 Å². The number of sulfonamides is 1. The van der Waals surface area contributed by atoms with Gasteiger partial charge in [-0.25, -0.2) is 8.42 Å². The van der Waals surface area contributed by atoms with Crippen LogP contribution in [0.1, 0.15) is 5.56 Å². The molecule has 0 atom stereocenters. The van der Waals surface area contributed by atoms with Crippen molar-refractivity contribution in [1.29, 1.82) is 0 Å². The molecule has 0 spiro atoms. The Balaban J connectivity index is 1.94. The summed E-state index contributed by atoms with van der Waals surface area (Å²) in [4.78, 5) is 10.3. The number of carboxylic acids is 1. The van der Waals surface area contributed by atoms with Gasteiger partial charge < -0.3 is 14.6 Å². The molecule has 2 aromatic rings. The van der Waals surface area contributed by atoms with Crippen molar-refractivity contribution in [1.82, 2.24) is 4.72 Å². The molecule has 0 aromatic heterocycles. The van der Waals surface area contributed by atoms with E-state index in [2.05, 4.69) is 4.74 Å². The lowest BCUT2D eigenvalue weighted by Gasteiger charge is -2.10. The van der Waals surface area contributed by atoms with Crippen molar-refractivity contribution in [2.45, 2.75) is 17.9 Å². The van der Waals surface area contributed by atoms with E-state index in [1.807, 2.05) is 4.72 Å². The van der Waals surface area contributed by atoms with E-state index < -0.39 is 28.9 Å². The number of alkyl halides is 3. The van der Waals surface area contributed by atoms with Crippen LogP contribution in [0, 0.1) is 0 Å². The summed E-state index contributed by atoms with van der Waals surface area (Å²) in [5.74, 6) is -1.34. The van der Waals surface area contributed by atoms with Crippen molar-refractivity contribution >= 4 is 16.0 Å². The van der Waals surface area contributed by atoms with E-state index in [9.17, 15) is 26.4 Å². The Kier molecular flexibility index (Phi) is 6.28. The molecule has 0 amide bonds. The van der Waals surface area contributed by atoms with E-state index in [1.54, 1.807) is 0 Å². The normalized spacial score (nSPS) is 11.8. The fourth-order valence-corrected chi connectivity index (χ4v) is 2.88. The van der Waals surface area contributed by atoms with Crippen molar-refractivity contribution in [2.75, 3.05) is 6.54 Å².